The number of aryl methyl sites for hydroxylation is 1. The Labute approximate surface area is 166 Å². The van der Waals surface area contributed by atoms with E-state index in [0.29, 0.717) is 18.6 Å². The van der Waals surface area contributed by atoms with Crippen LogP contribution in [-0.4, -0.2) is 11.5 Å². The summed E-state index contributed by atoms with van der Waals surface area (Å²) in [6, 6.07) is 4.67. The number of hydrogen-bond acceptors (Lipinski definition) is 2. The van der Waals surface area contributed by atoms with Gasteiger partial charge in [0.1, 0.15) is 11.6 Å². The number of carbonyl (C=O) groups is 1. The molecule has 1 aliphatic carbocycles. The quantitative estimate of drug-likeness (QED) is 0.491. The largest absolute Gasteiger partial charge is 0.300 e. The first-order valence-electron chi connectivity index (χ1n) is 10.3. The van der Waals surface area contributed by atoms with Gasteiger partial charge in [0.2, 0.25) is 0 Å². The summed E-state index contributed by atoms with van der Waals surface area (Å²) in [5.41, 5.74) is 2.94. The van der Waals surface area contributed by atoms with Crippen LogP contribution < -0.4 is 0 Å². The van der Waals surface area contributed by atoms with Crippen LogP contribution >= 0.6 is 0 Å². The fourth-order valence-electron chi connectivity index (χ4n) is 2.32. The van der Waals surface area contributed by atoms with Gasteiger partial charge in [0.15, 0.2) is 0 Å². The van der Waals surface area contributed by atoms with E-state index < -0.39 is 0 Å². The van der Waals surface area contributed by atoms with Gasteiger partial charge in [-0.05, 0) is 49.3 Å². The lowest BCUT2D eigenvalue weighted by atomic mass is 9.88. The lowest BCUT2D eigenvalue weighted by Crippen LogP contribution is -2.11. The number of hydrogen-bond donors (Lipinski definition) is 0. The van der Waals surface area contributed by atoms with Gasteiger partial charge in [0.05, 0.1) is 5.69 Å². The van der Waals surface area contributed by atoms with Gasteiger partial charge in [-0.15, -0.1) is 0 Å². The Morgan fingerprint density at radius 3 is 2.07 bits per heavy atom. The Hall–Kier alpha value is -1.51. The number of Topliss-reactive ketones (excluding diaryl/α,β-unsaturated/α-hetero) is 1. The molecule has 2 rings (SSSR count). The van der Waals surface area contributed by atoms with Crippen LogP contribution in [0.25, 0.3) is 0 Å². The summed E-state index contributed by atoms with van der Waals surface area (Å²) < 4.78 is 12.8. The van der Waals surface area contributed by atoms with Gasteiger partial charge < -0.3 is 0 Å². The highest BCUT2D eigenvalue weighted by Crippen LogP contribution is 2.24. The number of aliphatic imine (C=N–C) groups is 1. The molecule has 1 aromatic carbocycles. The van der Waals surface area contributed by atoms with Crippen molar-refractivity contribution in [3.8, 4) is 0 Å². The summed E-state index contributed by atoms with van der Waals surface area (Å²) in [4.78, 5) is 15.1. The van der Waals surface area contributed by atoms with Crippen molar-refractivity contribution in [1.82, 2.24) is 0 Å². The van der Waals surface area contributed by atoms with Crippen molar-refractivity contribution in [2.24, 2.45) is 16.3 Å². The van der Waals surface area contributed by atoms with Crippen molar-refractivity contribution in [3.05, 3.63) is 29.6 Å². The Morgan fingerprint density at radius 2 is 1.74 bits per heavy atom. The maximum Gasteiger partial charge on any atom is 0.133 e. The molecular weight excluding hydrogens is 337 g/mol. The Bertz CT molecular complexity index is 595. The first-order valence-corrected chi connectivity index (χ1v) is 10.3. The van der Waals surface area contributed by atoms with E-state index in [4.69, 9.17) is 0 Å². The van der Waals surface area contributed by atoms with Crippen molar-refractivity contribution in [3.63, 3.8) is 0 Å². The molecule has 0 radical (unpaired) electrons. The molecule has 1 fully saturated rings. The number of ketones is 1. The van der Waals surface area contributed by atoms with Crippen LogP contribution in [0, 0.1) is 24.1 Å². The van der Waals surface area contributed by atoms with Gasteiger partial charge in [-0.2, -0.15) is 0 Å². The number of carbonyl (C=O) groups excluding carboxylic acids is 1. The number of rotatable bonds is 4. The topological polar surface area (TPSA) is 29.4 Å². The summed E-state index contributed by atoms with van der Waals surface area (Å²) in [5.74, 6) is 1.20. The van der Waals surface area contributed by atoms with E-state index in [1.165, 1.54) is 31.4 Å². The van der Waals surface area contributed by atoms with E-state index >= 15 is 0 Å². The normalized spacial score (nSPS) is 14.3. The third kappa shape index (κ3) is 13.3. The Kier molecular flexibility index (Phi) is 12.1. The maximum atomic E-state index is 12.8. The molecule has 1 aliphatic rings. The molecule has 0 bridgehead atoms. The molecule has 0 saturated heterocycles. The zero-order chi connectivity index (χ0) is 21.0. The highest BCUT2D eigenvalue weighted by Gasteiger charge is 2.13. The van der Waals surface area contributed by atoms with Crippen molar-refractivity contribution in [2.45, 2.75) is 93.9 Å². The summed E-state index contributed by atoms with van der Waals surface area (Å²) in [6.45, 7) is 16.4. The average molecular weight is 378 g/mol. The van der Waals surface area contributed by atoms with E-state index in [2.05, 4.69) is 32.7 Å². The molecule has 0 amide bonds. The summed E-state index contributed by atoms with van der Waals surface area (Å²) >= 11 is 0. The lowest BCUT2D eigenvalue weighted by molar-refractivity contribution is -0.120. The average Bonchev–Trinajstić information content (AvgIpc) is 2.55. The van der Waals surface area contributed by atoms with Crippen molar-refractivity contribution >= 4 is 17.2 Å². The first kappa shape index (κ1) is 25.5. The molecule has 0 aromatic heterocycles. The SMILES string of the molecule is CC1CCC1.CCC(=O)CC(C)(C)C.CCC(C)=Nc1cc(F)ccc1C. The molecule has 3 heteroatoms. The minimum absolute atomic E-state index is 0.174. The number of nitrogens with zero attached hydrogens (tertiary/aromatic N) is 1. The molecular formula is C24H40FNO. The molecule has 1 aromatic rings. The van der Waals surface area contributed by atoms with Crippen LogP contribution in [0.1, 0.15) is 92.6 Å². The molecule has 0 atom stereocenters. The maximum absolute atomic E-state index is 12.8. The Morgan fingerprint density at radius 1 is 1.19 bits per heavy atom. The zero-order valence-corrected chi connectivity index (χ0v) is 18.8. The molecule has 154 valence electrons. The Balaban J connectivity index is 0.000000416. The van der Waals surface area contributed by atoms with Gasteiger partial charge in [0, 0.05) is 18.6 Å². The molecule has 0 spiro atoms. The lowest BCUT2D eigenvalue weighted by Gasteiger charge is -2.18. The van der Waals surface area contributed by atoms with Gasteiger partial charge in [-0.3, -0.25) is 9.79 Å². The van der Waals surface area contributed by atoms with E-state index in [0.717, 1.165) is 29.3 Å². The molecule has 1 saturated carbocycles. The standard InChI is InChI=1S/C11H14FN.C8H16O.C5H10/c1-4-9(3)13-11-7-10(12)6-5-8(11)2;1-5-7(9)6-8(2,3)4;1-5-3-2-4-5/h5-7H,4H2,1-3H3;5-6H2,1-4H3;5H,2-4H2,1H3. The molecule has 0 unspecified atom stereocenters. The van der Waals surface area contributed by atoms with Crippen LogP contribution in [0.4, 0.5) is 10.1 Å². The predicted molar refractivity (Wildman–Crippen MR) is 117 cm³/mol. The highest BCUT2D eigenvalue weighted by atomic mass is 19.1. The molecule has 27 heavy (non-hydrogen) atoms. The van der Waals surface area contributed by atoms with Gasteiger partial charge >= 0.3 is 0 Å². The predicted octanol–water partition coefficient (Wildman–Crippen LogP) is 7.84. The van der Waals surface area contributed by atoms with Crippen LogP contribution in [0.5, 0.6) is 0 Å². The van der Waals surface area contributed by atoms with Gasteiger partial charge in [0.25, 0.3) is 0 Å². The fraction of sp³-hybridized carbons (Fsp3) is 0.667. The molecule has 0 N–H and O–H groups in total. The summed E-state index contributed by atoms with van der Waals surface area (Å²) in [7, 11) is 0. The first-order chi connectivity index (χ1) is 12.5. The third-order valence-electron chi connectivity index (χ3n) is 4.51. The fourth-order valence-corrected chi connectivity index (χ4v) is 2.32. The van der Waals surface area contributed by atoms with E-state index in [-0.39, 0.29) is 11.2 Å². The van der Waals surface area contributed by atoms with Crippen LogP contribution in [0.3, 0.4) is 0 Å². The minimum Gasteiger partial charge on any atom is -0.300 e. The van der Waals surface area contributed by atoms with Crippen LogP contribution in [0.2, 0.25) is 0 Å². The van der Waals surface area contributed by atoms with Crippen LogP contribution in [-0.2, 0) is 4.79 Å². The van der Waals surface area contributed by atoms with Crippen molar-refractivity contribution < 1.29 is 9.18 Å². The van der Waals surface area contributed by atoms with Crippen molar-refractivity contribution in [2.75, 3.05) is 0 Å². The molecule has 0 aliphatic heterocycles. The zero-order valence-electron chi connectivity index (χ0n) is 18.8. The van der Waals surface area contributed by atoms with Crippen LogP contribution in [0.15, 0.2) is 23.2 Å². The summed E-state index contributed by atoms with van der Waals surface area (Å²) in [6.07, 6.45) is 6.75. The third-order valence-corrected chi connectivity index (χ3v) is 4.51. The van der Waals surface area contributed by atoms with E-state index in [9.17, 15) is 9.18 Å². The highest BCUT2D eigenvalue weighted by molar-refractivity contribution is 5.84. The van der Waals surface area contributed by atoms with Gasteiger partial charge in [-0.25, -0.2) is 4.39 Å². The second kappa shape index (κ2) is 12.8. The van der Waals surface area contributed by atoms with Crippen molar-refractivity contribution in [1.29, 1.82) is 0 Å². The smallest absolute Gasteiger partial charge is 0.133 e. The minimum atomic E-state index is -0.228. The van der Waals surface area contributed by atoms with Gasteiger partial charge in [-0.1, -0.05) is 66.9 Å². The second-order valence-electron chi connectivity index (χ2n) is 8.80. The number of benzene rings is 1. The molecule has 2 nitrogen and oxygen atoms in total. The van der Waals surface area contributed by atoms with E-state index in [1.54, 1.807) is 6.07 Å². The van der Waals surface area contributed by atoms with E-state index in [1.807, 2.05) is 27.7 Å². The number of halogens is 1. The second-order valence-corrected chi connectivity index (χ2v) is 8.80. The monoisotopic (exact) mass is 377 g/mol. The summed E-state index contributed by atoms with van der Waals surface area (Å²) in [5, 5.41) is 0. The molecule has 0 heterocycles.